The first-order chi connectivity index (χ1) is 20.1. The molecule has 1 aromatic carbocycles. The number of likely N-dealkylation sites (tertiary alicyclic amines) is 3. The Balaban J connectivity index is 1.14. The third kappa shape index (κ3) is 6.53. The van der Waals surface area contributed by atoms with Gasteiger partial charge in [0.2, 0.25) is 5.91 Å². The Hall–Kier alpha value is -3.28. The first-order valence-electron chi connectivity index (χ1n) is 14.5. The van der Waals surface area contributed by atoms with Crippen molar-refractivity contribution in [3.63, 3.8) is 0 Å². The number of aromatic nitrogens is 2. The summed E-state index contributed by atoms with van der Waals surface area (Å²) < 4.78 is 10.7. The second-order valence-electron chi connectivity index (χ2n) is 11.6. The van der Waals surface area contributed by atoms with E-state index in [0.29, 0.717) is 47.7 Å². The van der Waals surface area contributed by atoms with Gasteiger partial charge in [-0.3, -0.25) is 14.5 Å². The smallest absolute Gasteiger partial charge is 0.414 e. The highest BCUT2D eigenvalue weighted by atomic mass is 35.5. The maximum absolute atomic E-state index is 13.3. The lowest BCUT2D eigenvalue weighted by Crippen LogP contribution is -2.57. The van der Waals surface area contributed by atoms with Crippen molar-refractivity contribution in [2.45, 2.75) is 33.3 Å². The molecule has 4 heterocycles. The maximum Gasteiger partial charge on any atom is 0.414 e. The Kier molecular flexibility index (Phi) is 9.29. The molecule has 2 aromatic rings. The number of anilines is 1. The lowest BCUT2D eigenvalue weighted by atomic mass is 10.0. The van der Waals surface area contributed by atoms with Crippen LogP contribution in [-0.4, -0.2) is 115 Å². The topological polar surface area (TPSA) is 108 Å². The summed E-state index contributed by atoms with van der Waals surface area (Å²) in [5.41, 5.74) is 3.68. The van der Waals surface area contributed by atoms with Gasteiger partial charge in [-0.2, -0.15) is 0 Å². The van der Waals surface area contributed by atoms with Crippen LogP contribution in [0.15, 0.2) is 24.5 Å². The molecule has 0 spiro atoms. The van der Waals surface area contributed by atoms with E-state index in [2.05, 4.69) is 14.9 Å². The molecule has 12 heteroatoms. The Labute approximate surface area is 251 Å². The Morgan fingerprint density at radius 3 is 2.26 bits per heavy atom. The van der Waals surface area contributed by atoms with Crippen LogP contribution < -0.4 is 4.90 Å². The van der Waals surface area contributed by atoms with Crippen molar-refractivity contribution >= 4 is 35.2 Å². The minimum Gasteiger partial charge on any atom is -0.442 e. The fourth-order valence-electron chi connectivity index (χ4n) is 6.16. The van der Waals surface area contributed by atoms with Crippen LogP contribution in [0.5, 0.6) is 0 Å². The summed E-state index contributed by atoms with van der Waals surface area (Å²) in [6.07, 6.45) is 1.47. The summed E-state index contributed by atoms with van der Waals surface area (Å²) >= 11 is 6.39. The van der Waals surface area contributed by atoms with E-state index >= 15 is 0 Å². The fourth-order valence-corrected chi connectivity index (χ4v) is 6.34. The van der Waals surface area contributed by atoms with Crippen molar-refractivity contribution < 1.29 is 23.9 Å². The van der Waals surface area contributed by atoms with Crippen molar-refractivity contribution in [1.29, 1.82) is 0 Å². The predicted octanol–water partition coefficient (Wildman–Crippen LogP) is 2.95. The van der Waals surface area contributed by atoms with Crippen LogP contribution in [0.2, 0.25) is 5.02 Å². The molecule has 0 radical (unpaired) electrons. The zero-order valence-electron chi connectivity index (χ0n) is 24.7. The molecule has 0 aliphatic carbocycles. The summed E-state index contributed by atoms with van der Waals surface area (Å²) in [6, 6.07) is 5.57. The number of carbonyl (C=O) groups excluding carboxylic acids is 3. The number of methoxy groups -OCH3 is 1. The highest BCUT2D eigenvalue weighted by Gasteiger charge is 2.42. The van der Waals surface area contributed by atoms with Gasteiger partial charge in [-0.25, -0.2) is 14.8 Å². The number of ether oxygens (including phenoxy) is 2. The number of rotatable bonds is 9. The SMILES string of the molecule is COCC(=O)N1CC(OC(=O)N(CCCN2CC3CN(C(=O)c4c(C)ncnc4C)CC3C2)c2ccc(C)c(Cl)c2)C1. The number of halogens is 1. The van der Waals surface area contributed by atoms with Crippen molar-refractivity contribution in [1.82, 2.24) is 24.7 Å². The molecule has 3 saturated heterocycles. The van der Waals surface area contributed by atoms with Crippen molar-refractivity contribution in [2.24, 2.45) is 11.8 Å². The van der Waals surface area contributed by atoms with E-state index in [4.69, 9.17) is 21.1 Å². The van der Waals surface area contributed by atoms with E-state index < -0.39 is 6.09 Å². The second kappa shape index (κ2) is 12.9. The van der Waals surface area contributed by atoms with Crippen LogP contribution in [0, 0.1) is 32.6 Å². The number of amides is 3. The number of nitrogens with zero attached hydrogens (tertiary/aromatic N) is 6. The number of fused-ring (bicyclic) bond motifs is 1. The normalized spacial score (nSPS) is 20.4. The molecule has 3 aliphatic heterocycles. The van der Waals surface area contributed by atoms with Gasteiger partial charge in [0.05, 0.1) is 30.0 Å². The molecule has 226 valence electrons. The molecular weight excluding hydrogens is 560 g/mol. The van der Waals surface area contributed by atoms with Crippen LogP contribution >= 0.6 is 11.6 Å². The molecule has 0 N–H and O–H groups in total. The molecule has 0 saturated carbocycles. The van der Waals surface area contributed by atoms with Crippen LogP contribution in [0.1, 0.15) is 33.7 Å². The van der Waals surface area contributed by atoms with Crippen molar-refractivity contribution in [2.75, 3.05) is 71.0 Å². The van der Waals surface area contributed by atoms with Gasteiger partial charge in [0.25, 0.3) is 5.91 Å². The molecular formula is C30H39ClN6O5. The number of benzene rings is 1. The zero-order valence-corrected chi connectivity index (χ0v) is 25.5. The zero-order chi connectivity index (χ0) is 30.0. The molecule has 11 nitrogen and oxygen atoms in total. The minimum atomic E-state index is -0.443. The minimum absolute atomic E-state index is 0.0164. The summed E-state index contributed by atoms with van der Waals surface area (Å²) in [6.45, 7) is 11.0. The number of hydrogen-bond donors (Lipinski definition) is 0. The summed E-state index contributed by atoms with van der Waals surface area (Å²) in [5.74, 6) is 0.765. The molecule has 0 bridgehead atoms. The fraction of sp³-hybridized carbons (Fsp3) is 0.567. The molecule has 3 aliphatic rings. The standard InChI is InChI=1S/C30H39ClN6O5/c1-19-6-7-24(10-26(19)31)37(30(40)42-25-15-35(16-25)27(38)17-41-4)9-5-8-34-11-22-13-36(14-23(22)12-34)29(39)28-20(2)32-18-33-21(28)3/h6-7,10,18,22-23,25H,5,8-9,11-17H2,1-4H3. The van der Waals surface area contributed by atoms with E-state index in [0.717, 1.165) is 56.1 Å². The van der Waals surface area contributed by atoms with E-state index in [1.54, 1.807) is 15.9 Å². The summed E-state index contributed by atoms with van der Waals surface area (Å²) in [4.78, 5) is 54.5. The lowest BCUT2D eigenvalue weighted by Gasteiger charge is -2.39. The van der Waals surface area contributed by atoms with E-state index in [1.807, 2.05) is 37.8 Å². The second-order valence-corrected chi connectivity index (χ2v) is 12.0. The average Bonchev–Trinajstić information content (AvgIpc) is 3.49. The Bertz CT molecular complexity index is 1300. The highest BCUT2D eigenvalue weighted by Crippen LogP contribution is 2.33. The first-order valence-corrected chi connectivity index (χ1v) is 14.8. The monoisotopic (exact) mass is 598 g/mol. The Morgan fingerprint density at radius 2 is 1.64 bits per heavy atom. The number of carbonyl (C=O) groups is 3. The predicted molar refractivity (Wildman–Crippen MR) is 158 cm³/mol. The Morgan fingerprint density at radius 1 is 0.976 bits per heavy atom. The largest absolute Gasteiger partial charge is 0.442 e. The van der Waals surface area contributed by atoms with Crippen LogP contribution in [-0.2, 0) is 14.3 Å². The maximum atomic E-state index is 13.3. The molecule has 1 aromatic heterocycles. The third-order valence-electron chi connectivity index (χ3n) is 8.57. The van der Waals surface area contributed by atoms with Gasteiger partial charge >= 0.3 is 6.09 Å². The van der Waals surface area contributed by atoms with Gasteiger partial charge in [-0.1, -0.05) is 17.7 Å². The molecule has 3 fully saturated rings. The van der Waals surface area contributed by atoms with E-state index in [9.17, 15) is 14.4 Å². The van der Waals surface area contributed by atoms with Gasteiger partial charge in [-0.15, -0.1) is 0 Å². The summed E-state index contributed by atoms with van der Waals surface area (Å²) in [5, 5.41) is 0.587. The van der Waals surface area contributed by atoms with Gasteiger partial charge in [-0.05, 0) is 63.3 Å². The molecule has 3 amide bonds. The molecule has 2 atom stereocenters. The van der Waals surface area contributed by atoms with E-state index in [-0.39, 0.29) is 24.5 Å². The van der Waals surface area contributed by atoms with Crippen LogP contribution in [0.25, 0.3) is 0 Å². The van der Waals surface area contributed by atoms with Crippen molar-refractivity contribution in [3.8, 4) is 0 Å². The van der Waals surface area contributed by atoms with Gasteiger partial charge in [0.15, 0.2) is 0 Å². The van der Waals surface area contributed by atoms with Crippen LogP contribution in [0.3, 0.4) is 0 Å². The summed E-state index contributed by atoms with van der Waals surface area (Å²) in [7, 11) is 1.48. The third-order valence-corrected chi connectivity index (χ3v) is 8.98. The van der Waals surface area contributed by atoms with Gasteiger partial charge < -0.3 is 24.2 Å². The first kappa shape index (κ1) is 30.2. The number of aryl methyl sites for hydroxylation is 3. The quantitative estimate of drug-likeness (QED) is 0.434. The average molecular weight is 599 g/mol. The molecule has 42 heavy (non-hydrogen) atoms. The van der Waals surface area contributed by atoms with Gasteiger partial charge in [0.1, 0.15) is 19.0 Å². The van der Waals surface area contributed by atoms with E-state index in [1.165, 1.54) is 13.4 Å². The number of hydrogen-bond acceptors (Lipinski definition) is 8. The van der Waals surface area contributed by atoms with Crippen LogP contribution in [0.4, 0.5) is 10.5 Å². The van der Waals surface area contributed by atoms with Crippen molar-refractivity contribution in [3.05, 3.63) is 52.1 Å². The van der Waals surface area contributed by atoms with Gasteiger partial charge in [0, 0.05) is 50.5 Å². The highest BCUT2D eigenvalue weighted by molar-refractivity contribution is 6.31. The molecule has 2 unspecified atom stereocenters. The lowest BCUT2D eigenvalue weighted by molar-refractivity contribution is -0.145. The molecule has 5 rings (SSSR count).